The lowest BCUT2D eigenvalue weighted by Gasteiger charge is -2.13. The van der Waals surface area contributed by atoms with Crippen molar-refractivity contribution in [3.05, 3.63) is 24.0 Å². The lowest BCUT2D eigenvalue weighted by atomic mass is 10.3. The van der Waals surface area contributed by atoms with Crippen molar-refractivity contribution in [3.63, 3.8) is 0 Å². The van der Waals surface area contributed by atoms with Crippen LogP contribution in [0.1, 0.15) is 29.4 Å². The zero-order valence-electron chi connectivity index (χ0n) is 9.17. The van der Waals surface area contributed by atoms with Crippen molar-refractivity contribution in [2.24, 2.45) is 0 Å². The van der Waals surface area contributed by atoms with Crippen molar-refractivity contribution in [2.75, 3.05) is 6.61 Å². The second-order valence-corrected chi connectivity index (χ2v) is 4.08. The molecule has 1 atom stereocenters. The molecular weight excluding hydrogens is 224 g/mol. The van der Waals surface area contributed by atoms with E-state index in [2.05, 4.69) is 5.32 Å². The Kier molecular flexibility index (Phi) is 3.14. The maximum Gasteiger partial charge on any atom is 0.328 e. The van der Waals surface area contributed by atoms with Gasteiger partial charge >= 0.3 is 5.97 Å². The number of nitrogens with zero attached hydrogens (tertiary/aromatic N) is 1. The molecule has 92 valence electrons. The van der Waals surface area contributed by atoms with E-state index in [0.29, 0.717) is 11.7 Å². The number of rotatable bonds is 5. The number of hydrogen-bond acceptors (Lipinski definition) is 3. The fraction of sp³-hybridized carbons (Fsp3) is 0.455. The van der Waals surface area contributed by atoms with Gasteiger partial charge in [-0.3, -0.25) is 4.79 Å². The lowest BCUT2D eigenvalue weighted by molar-refractivity contribution is -0.140. The molecule has 0 aromatic carbocycles. The monoisotopic (exact) mass is 238 g/mol. The van der Waals surface area contributed by atoms with E-state index >= 15 is 0 Å². The highest BCUT2D eigenvalue weighted by atomic mass is 16.4. The molecule has 6 heteroatoms. The Hall–Kier alpha value is -1.82. The molecule has 1 saturated carbocycles. The predicted molar refractivity (Wildman–Crippen MR) is 58.7 cm³/mol. The molecule has 17 heavy (non-hydrogen) atoms. The molecule has 1 fully saturated rings. The molecule has 1 amide bonds. The SMILES string of the molecule is O=C(N[C@H](CO)C(=O)O)c1cccn1C1CC1. The summed E-state index contributed by atoms with van der Waals surface area (Å²) in [7, 11) is 0. The van der Waals surface area contributed by atoms with Crippen LogP contribution in [0, 0.1) is 0 Å². The average Bonchev–Trinajstić information content (AvgIpc) is 3.03. The summed E-state index contributed by atoms with van der Waals surface area (Å²) in [6, 6.07) is 2.49. The summed E-state index contributed by atoms with van der Waals surface area (Å²) in [6.07, 6.45) is 3.88. The Morgan fingerprint density at radius 2 is 2.24 bits per heavy atom. The Labute approximate surface area is 97.9 Å². The summed E-state index contributed by atoms with van der Waals surface area (Å²) < 4.78 is 1.84. The quantitative estimate of drug-likeness (QED) is 0.673. The second kappa shape index (κ2) is 4.58. The number of amides is 1. The molecule has 1 heterocycles. The maximum absolute atomic E-state index is 11.8. The van der Waals surface area contributed by atoms with E-state index in [1.165, 1.54) is 0 Å². The van der Waals surface area contributed by atoms with E-state index in [1.807, 2.05) is 4.57 Å². The highest BCUT2D eigenvalue weighted by molar-refractivity contribution is 5.95. The number of aliphatic hydroxyl groups is 1. The van der Waals surface area contributed by atoms with E-state index in [0.717, 1.165) is 12.8 Å². The van der Waals surface area contributed by atoms with Gasteiger partial charge in [0.05, 0.1) is 6.61 Å². The minimum absolute atomic E-state index is 0.350. The van der Waals surface area contributed by atoms with Crippen molar-refractivity contribution in [1.82, 2.24) is 9.88 Å². The summed E-state index contributed by atoms with van der Waals surface area (Å²) in [5.41, 5.74) is 0.437. The van der Waals surface area contributed by atoms with Crippen LogP contribution in [0.2, 0.25) is 0 Å². The third-order valence-corrected chi connectivity index (χ3v) is 2.74. The number of carbonyl (C=O) groups excluding carboxylic acids is 1. The number of carboxylic acids is 1. The minimum Gasteiger partial charge on any atom is -0.480 e. The molecule has 0 radical (unpaired) electrons. The number of carbonyl (C=O) groups is 2. The number of aliphatic hydroxyl groups excluding tert-OH is 1. The van der Waals surface area contributed by atoms with Crippen LogP contribution in [0.5, 0.6) is 0 Å². The van der Waals surface area contributed by atoms with E-state index < -0.39 is 24.5 Å². The van der Waals surface area contributed by atoms with Crippen LogP contribution in [0.15, 0.2) is 18.3 Å². The van der Waals surface area contributed by atoms with E-state index in [-0.39, 0.29) is 0 Å². The number of nitrogens with one attached hydrogen (secondary N) is 1. The molecule has 0 spiro atoms. The van der Waals surface area contributed by atoms with E-state index in [4.69, 9.17) is 10.2 Å². The fourth-order valence-electron chi connectivity index (χ4n) is 1.67. The molecule has 1 aromatic rings. The Balaban J connectivity index is 2.08. The van der Waals surface area contributed by atoms with Gasteiger partial charge in [-0.2, -0.15) is 0 Å². The van der Waals surface area contributed by atoms with Gasteiger partial charge in [0.25, 0.3) is 5.91 Å². The Morgan fingerprint density at radius 1 is 1.53 bits per heavy atom. The van der Waals surface area contributed by atoms with Gasteiger partial charge in [0.2, 0.25) is 0 Å². The molecular formula is C11H14N2O4. The molecule has 0 unspecified atom stereocenters. The summed E-state index contributed by atoms with van der Waals surface area (Å²) in [5.74, 6) is -1.71. The van der Waals surface area contributed by atoms with Crippen molar-refractivity contribution in [2.45, 2.75) is 24.9 Å². The molecule has 1 aliphatic rings. The van der Waals surface area contributed by atoms with Gasteiger partial charge in [0, 0.05) is 12.2 Å². The molecule has 0 aliphatic heterocycles. The standard InChI is InChI=1S/C11H14N2O4/c14-6-8(11(16)17)12-10(15)9-2-1-5-13(9)7-3-4-7/h1-2,5,7-8,14H,3-4,6H2,(H,12,15)(H,16,17)/t8-/m1/s1. The zero-order valence-corrected chi connectivity index (χ0v) is 9.17. The number of hydrogen-bond donors (Lipinski definition) is 3. The molecule has 6 nitrogen and oxygen atoms in total. The summed E-state index contributed by atoms with van der Waals surface area (Å²) in [5, 5.41) is 19.8. The third-order valence-electron chi connectivity index (χ3n) is 2.74. The summed E-state index contributed by atoms with van der Waals surface area (Å²) in [6.45, 7) is -0.620. The van der Waals surface area contributed by atoms with Crippen LogP contribution in [0.3, 0.4) is 0 Å². The van der Waals surface area contributed by atoms with Crippen LogP contribution in [0.25, 0.3) is 0 Å². The average molecular weight is 238 g/mol. The van der Waals surface area contributed by atoms with Crippen LogP contribution >= 0.6 is 0 Å². The van der Waals surface area contributed by atoms with Crippen LogP contribution in [-0.4, -0.2) is 39.3 Å². The largest absolute Gasteiger partial charge is 0.480 e. The van der Waals surface area contributed by atoms with Crippen molar-refractivity contribution in [3.8, 4) is 0 Å². The van der Waals surface area contributed by atoms with Crippen molar-refractivity contribution in [1.29, 1.82) is 0 Å². The normalized spacial score (nSPS) is 16.5. The second-order valence-electron chi connectivity index (χ2n) is 4.08. The summed E-state index contributed by atoms with van der Waals surface area (Å²) >= 11 is 0. The van der Waals surface area contributed by atoms with Gasteiger partial charge in [0.15, 0.2) is 6.04 Å². The smallest absolute Gasteiger partial charge is 0.328 e. The van der Waals surface area contributed by atoms with Gasteiger partial charge in [-0.05, 0) is 25.0 Å². The first-order chi connectivity index (χ1) is 8.13. The highest BCUT2D eigenvalue weighted by Crippen LogP contribution is 2.35. The molecule has 1 aliphatic carbocycles. The molecule has 0 bridgehead atoms. The van der Waals surface area contributed by atoms with Crippen LogP contribution in [-0.2, 0) is 4.79 Å². The lowest BCUT2D eigenvalue weighted by Crippen LogP contribution is -2.43. The van der Waals surface area contributed by atoms with Gasteiger partial charge < -0.3 is 20.1 Å². The number of aromatic nitrogens is 1. The van der Waals surface area contributed by atoms with E-state index in [9.17, 15) is 9.59 Å². The zero-order chi connectivity index (χ0) is 12.4. The van der Waals surface area contributed by atoms with Gasteiger partial charge in [-0.15, -0.1) is 0 Å². The summed E-state index contributed by atoms with van der Waals surface area (Å²) in [4.78, 5) is 22.5. The molecule has 0 saturated heterocycles. The topological polar surface area (TPSA) is 91.6 Å². The first-order valence-corrected chi connectivity index (χ1v) is 5.45. The van der Waals surface area contributed by atoms with Crippen LogP contribution in [0.4, 0.5) is 0 Å². The molecule has 2 rings (SSSR count). The van der Waals surface area contributed by atoms with Crippen molar-refractivity contribution < 1.29 is 19.8 Å². The Bertz CT molecular complexity index is 436. The molecule has 3 N–H and O–H groups in total. The maximum atomic E-state index is 11.8. The fourth-order valence-corrected chi connectivity index (χ4v) is 1.67. The van der Waals surface area contributed by atoms with Crippen LogP contribution < -0.4 is 5.32 Å². The van der Waals surface area contributed by atoms with E-state index in [1.54, 1.807) is 18.3 Å². The number of carboxylic acid groups (broad SMARTS) is 1. The predicted octanol–water partition coefficient (Wildman–Crippen LogP) is -0.00170. The first-order valence-electron chi connectivity index (χ1n) is 5.45. The number of aliphatic carboxylic acids is 1. The molecule has 1 aromatic heterocycles. The third kappa shape index (κ3) is 2.47. The van der Waals surface area contributed by atoms with Crippen molar-refractivity contribution >= 4 is 11.9 Å². The first kappa shape index (κ1) is 11.7. The Morgan fingerprint density at radius 3 is 2.76 bits per heavy atom. The van der Waals surface area contributed by atoms with Gasteiger partial charge in [0.1, 0.15) is 5.69 Å². The minimum atomic E-state index is -1.26. The highest BCUT2D eigenvalue weighted by Gasteiger charge is 2.28. The van der Waals surface area contributed by atoms with Gasteiger partial charge in [-0.25, -0.2) is 4.79 Å². The van der Waals surface area contributed by atoms with Gasteiger partial charge in [-0.1, -0.05) is 0 Å².